The first kappa shape index (κ1) is 11.9. The number of rotatable bonds is 2. The van der Waals surface area contributed by atoms with Gasteiger partial charge < -0.3 is 4.90 Å². The van der Waals surface area contributed by atoms with E-state index in [1.807, 2.05) is 4.90 Å². The van der Waals surface area contributed by atoms with Crippen LogP contribution in [-0.2, 0) is 11.3 Å². The molecule has 2 fully saturated rings. The van der Waals surface area contributed by atoms with Crippen molar-refractivity contribution in [3.8, 4) is 0 Å². The van der Waals surface area contributed by atoms with Gasteiger partial charge >= 0.3 is 0 Å². The Hall–Kier alpha value is -1.20. The third-order valence-corrected chi connectivity index (χ3v) is 3.83. The van der Waals surface area contributed by atoms with Gasteiger partial charge in [-0.1, -0.05) is 11.6 Å². The summed E-state index contributed by atoms with van der Waals surface area (Å²) >= 11 is 5.71. The van der Waals surface area contributed by atoms with Crippen molar-refractivity contribution in [1.29, 1.82) is 0 Å². The molecular formula is C12H15ClN4O. The maximum absolute atomic E-state index is 11.6. The first-order valence-electron chi connectivity index (χ1n) is 6.20. The summed E-state index contributed by atoms with van der Waals surface area (Å²) in [5, 5.41) is 0.421. The zero-order valence-electron chi connectivity index (χ0n) is 10.0. The molecule has 96 valence electrons. The number of piperazine rings is 1. The van der Waals surface area contributed by atoms with Gasteiger partial charge in [0.25, 0.3) is 0 Å². The zero-order valence-corrected chi connectivity index (χ0v) is 10.8. The van der Waals surface area contributed by atoms with Gasteiger partial charge in [-0.3, -0.25) is 14.7 Å². The largest absolute Gasteiger partial charge is 0.337 e. The molecule has 1 unspecified atom stereocenters. The lowest BCUT2D eigenvalue weighted by Crippen LogP contribution is -2.51. The number of hydrogen-bond donors (Lipinski definition) is 0. The predicted octanol–water partition coefficient (Wildman–Crippen LogP) is 0.937. The Morgan fingerprint density at radius 2 is 2.22 bits per heavy atom. The van der Waals surface area contributed by atoms with E-state index in [1.165, 1.54) is 0 Å². The molecule has 0 N–H and O–H groups in total. The molecule has 1 amide bonds. The highest BCUT2D eigenvalue weighted by Gasteiger charge is 2.35. The lowest BCUT2D eigenvalue weighted by molar-refractivity contribution is -0.130. The van der Waals surface area contributed by atoms with Crippen LogP contribution in [0.4, 0.5) is 0 Å². The Kier molecular flexibility index (Phi) is 3.18. The van der Waals surface area contributed by atoms with Gasteiger partial charge in [-0.2, -0.15) is 0 Å². The molecule has 0 spiro atoms. The van der Waals surface area contributed by atoms with Gasteiger partial charge in [0.2, 0.25) is 5.91 Å². The van der Waals surface area contributed by atoms with Crippen molar-refractivity contribution >= 4 is 17.5 Å². The molecule has 1 aromatic heterocycles. The van der Waals surface area contributed by atoms with Crippen molar-refractivity contribution in [3.63, 3.8) is 0 Å². The summed E-state index contributed by atoms with van der Waals surface area (Å²) in [7, 11) is 0. The monoisotopic (exact) mass is 266 g/mol. The van der Waals surface area contributed by atoms with Gasteiger partial charge in [0.05, 0.1) is 18.1 Å². The van der Waals surface area contributed by atoms with E-state index in [2.05, 4.69) is 14.9 Å². The normalized spacial score (nSPS) is 24.4. The summed E-state index contributed by atoms with van der Waals surface area (Å²) in [6.07, 6.45) is 4.99. The van der Waals surface area contributed by atoms with Crippen molar-refractivity contribution in [2.75, 3.05) is 19.6 Å². The van der Waals surface area contributed by atoms with E-state index >= 15 is 0 Å². The molecule has 5 nitrogen and oxygen atoms in total. The van der Waals surface area contributed by atoms with Crippen molar-refractivity contribution < 1.29 is 4.79 Å². The minimum Gasteiger partial charge on any atom is -0.337 e. The van der Waals surface area contributed by atoms with Crippen LogP contribution in [0, 0.1) is 0 Å². The highest BCUT2D eigenvalue weighted by Crippen LogP contribution is 2.23. The first-order valence-corrected chi connectivity index (χ1v) is 6.58. The maximum Gasteiger partial charge on any atom is 0.222 e. The standard InChI is InChI=1S/C12H15ClN4O/c13-11-6-14-9(5-15-11)7-16-3-4-17-10(8-16)1-2-12(17)18/h5-6,10H,1-4,7-8H2. The molecule has 2 aliphatic rings. The first-order chi connectivity index (χ1) is 8.72. The topological polar surface area (TPSA) is 49.3 Å². The average molecular weight is 267 g/mol. The van der Waals surface area contributed by atoms with Crippen LogP contribution in [0.15, 0.2) is 12.4 Å². The predicted molar refractivity (Wildman–Crippen MR) is 67.1 cm³/mol. The molecule has 0 aliphatic carbocycles. The lowest BCUT2D eigenvalue weighted by atomic mass is 10.1. The van der Waals surface area contributed by atoms with Gasteiger partial charge in [-0.15, -0.1) is 0 Å². The third-order valence-electron chi connectivity index (χ3n) is 3.64. The van der Waals surface area contributed by atoms with Crippen LogP contribution in [-0.4, -0.2) is 51.4 Å². The number of amides is 1. The van der Waals surface area contributed by atoms with Crippen LogP contribution >= 0.6 is 11.6 Å². The average Bonchev–Trinajstić information content (AvgIpc) is 2.74. The van der Waals surface area contributed by atoms with E-state index in [0.29, 0.717) is 23.5 Å². The van der Waals surface area contributed by atoms with Gasteiger partial charge in [-0.05, 0) is 6.42 Å². The number of carbonyl (C=O) groups is 1. The molecule has 18 heavy (non-hydrogen) atoms. The summed E-state index contributed by atoms with van der Waals surface area (Å²) in [5.74, 6) is 0.311. The minimum absolute atomic E-state index is 0.311. The van der Waals surface area contributed by atoms with Gasteiger partial charge in [0, 0.05) is 38.6 Å². The number of fused-ring (bicyclic) bond motifs is 1. The van der Waals surface area contributed by atoms with E-state index in [-0.39, 0.29) is 0 Å². The number of aromatic nitrogens is 2. The van der Waals surface area contributed by atoms with Gasteiger partial charge in [0.1, 0.15) is 5.15 Å². The van der Waals surface area contributed by atoms with Gasteiger partial charge in [0.15, 0.2) is 0 Å². The summed E-state index contributed by atoms with van der Waals surface area (Å²) in [5.41, 5.74) is 0.928. The van der Waals surface area contributed by atoms with Crippen LogP contribution in [0.25, 0.3) is 0 Å². The second-order valence-electron chi connectivity index (χ2n) is 4.85. The van der Waals surface area contributed by atoms with Crippen LogP contribution in [0.5, 0.6) is 0 Å². The molecule has 3 rings (SSSR count). The fourth-order valence-electron chi connectivity index (χ4n) is 2.72. The molecule has 0 aromatic carbocycles. The van der Waals surface area contributed by atoms with Crippen LogP contribution < -0.4 is 0 Å². The highest BCUT2D eigenvalue weighted by atomic mass is 35.5. The second kappa shape index (κ2) is 4.82. The molecule has 3 heterocycles. The van der Waals surface area contributed by atoms with Crippen molar-refractivity contribution in [3.05, 3.63) is 23.2 Å². The van der Waals surface area contributed by atoms with Gasteiger partial charge in [-0.25, -0.2) is 4.98 Å². The Morgan fingerprint density at radius 1 is 1.33 bits per heavy atom. The van der Waals surface area contributed by atoms with Crippen molar-refractivity contribution in [2.24, 2.45) is 0 Å². The Labute approximate surface area is 111 Å². The minimum atomic E-state index is 0.311. The van der Waals surface area contributed by atoms with E-state index < -0.39 is 0 Å². The fraction of sp³-hybridized carbons (Fsp3) is 0.583. The number of nitrogens with zero attached hydrogens (tertiary/aromatic N) is 4. The summed E-state index contributed by atoms with van der Waals surface area (Å²) < 4.78 is 0. The van der Waals surface area contributed by atoms with Crippen molar-refractivity contribution in [1.82, 2.24) is 19.8 Å². The molecule has 0 radical (unpaired) electrons. The van der Waals surface area contributed by atoms with E-state index in [9.17, 15) is 4.79 Å². The third kappa shape index (κ3) is 2.33. The SMILES string of the molecule is O=C1CCC2CN(Cc3cnc(Cl)cn3)CCN12. The lowest BCUT2D eigenvalue weighted by Gasteiger charge is -2.37. The molecule has 2 saturated heterocycles. The number of halogens is 1. The molecule has 1 atom stereocenters. The Bertz CT molecular complexity index is 450. The fourth-order valence-corrected chi connectivity index (χ4v) is 2.82. The summed E-state index contributed by atoms with van der Waals surface area (Å²) in [6, 6.07) is 0.395. The Balaban J connectivity index is 1.62. The summed E-state index contributed by atoms with van der Waals surface area (Å²) in [6.45, 7) is 3.47. The Morgan fingerprint density at radius 3 is 3.00 bits per heavy atom. The molecule has 6 heteroatoms. The molecular weight excluding hydrogens is 252 g/mol. The van der Waals surface area contributed by atoms with E-state index in [4.69, 9.17) is 11.6 Å². The second-order valence-corrected chi connectivity index (χ2v) is 5.23. The van der Waals surface area contributed by atoms with E-state index in [1.54, 1.807) is 12.4 Å². The number of hydrogen-bond acceptors (Lipinski definition) is 4. The highest BCUT2D eigenvalue weighted by molar-refractivity contribution is 6.29. The molecule has 2 aliphatic heterocycles. The zero-order chi connectivity index (χ0) is 12.5. The van der Waals surface area contributed by atoms with Crippen LogP contribution in [0.3, 0.4) is 0 Å². The molecule has 1 aromatic rings. The maximum atomic E-state index is 11.6. The summed E-state index contributed by atoms with van der Waals surface area (Å²) in [4.78, 5) is 24.2. The molecule has 0 bridgehead atoms. The number of carbonyl (C=O) groups excluding carboxylic acids is 1. The van der Waals surface area contributed by atoms with E-state index in [0.717, 1.165) is 38.3 Å². The van der Waals surface area contributed by atoms with Crippen LogP contribution in [0.2, 0.25) is 5.15 Å². The molecule has 0 saturated carbocycles. The van der Waals surface area contributed by atoms with Crippen molar-refractivity contribution in [2.45, 2.75) is 25.4 Å². The smallest absolute Gasteiger partial charge is 0.222 e. The van der Waals surface area contributed by atoms with Crippen LogP contribution in [0.1, 0.15) is 18.5 Å². The quantitative estimate of drug-likeness (QED) is 0.799.